The Labute approximate surface area is 159 Å². The fourth-order valence-corrected chi connectivity index (χ4v) is 4.31. The van der Waals surface area contributed by atoms with E-state index in [1.165, 1.54) is 12.8 Å². The van der Waals surface area contributed by atoms with E-state index in [2.05, 4.69) is 10.3 Å². The Bertz CT molecular complexity index is 844. The minimum Gasteiger partial charge on any atom is -0.309 e. The van der Waals surface area contributed by atoms with Crippen LogP contribution in [0.25, 0.3) is 0 Å². The molecule has 1 aromatic carbocycles. The zero-order chi connectivity index (χ0) is 18.8. The third-order valence-electron chi connectivity index (χ3n) is 5.67. The molecule has 0 radical (unpaired) electrons. The Kier molecular flexibility index (Phi) is 4.92. The lowest BCUT2D eigenvalue weighted by Crippen LogP contribution is -2.47. The molecule has 0 bridgehead atoms. The van der Waals surface area contributed by atoms with Crippen molar-refractivity contribution in [3.05, 3.63) is 53.7 Å². The van der Waals surface area contributed by atoms with E-state index >= 15 is 0 Å². The van der Waals surface area contributed by atoms with Gasteiger partial charge in [0.15, 0.2) is 0 Å². The SMILES string of the molecule is Cc1ccc2c(c1)N(C(CC1CCCC1)C(=O)Nc1ccccn1)C(=O)C2. The first kappa shape index (κ1) is 17.7. The van der Waals surface area contributed by atoms with Crippen LogP contribution in [-0.4, -0.2) is 22.8 Å². The van der Waals surface area contributed by atoms with E-state index in [0.29, 0.717) is 24.6 Å². The van der Waals surface area contributed by atoms with Crippen molar-refractivity contribution < 1.29 is 9.59 Å². The fraction of sp³-hybridized carbons (Fsp3) is 0.409. The summed E-state index contributed by atoms with van der Waals surface area (Å²) in [6.45, 7) is 2.02. The van der Waals surface area contributed by atoms with E-state index in [1.54, 1.807) is 17.2 Å². The molecule has 140 valence electrons. The molecule has 4 rings (SSSR count). The number of fused-ring (bicyclic) bond motifs is 1. The standard InChI is InChI=1S/C22H25N3O2/c1-15-9-10-17-14-21(26)25(18(17)12-15)19(13-16-6-2-3-7-16)22(27)24-20-8-4-5-11-23-20/h4-5,8-12,16,19H,2-3,6-7,13-14H2,1H3,(H,23,24,27). The summed E-state index contributed by atoms with van der Waals surface area (Å²) in [6.07, 6.45) is 7.42. The first-order valence-corrected chi connectivity index (χ1v) is 9.75. The van der Waals surface area contributed by atoms with Crippen LogP contribution < -0.4 is 10.2 Å². The van der Waals surface area contributed by atoms with Gasteiger partial charge >= 0.3 is 0 Å². The number of carbonyl (C=O) groups is 2. The van der Waals surface area contributed by atoms with Crippen molar-refractivity contribution in [2.45, 2.75) is 51.5 Å². The van der Waals surface area contributed by atoms with Crippen molar-refractivity contribution in [3.63, 3.8) is 0 Å². The number of nitrogens with zero attached hydrogens (tertiary/aromatic N) is 2. The van der Waals surface area contributed by atoms with E-state index in [4.69, 9.17) is 0 Å². The molecule has 2 aromatic rings. The molecule has 0 spiro atoms. The van der Waals surface area contributed by atoms with Crippen LogP contribution in [0.3, 0.4) is 0 Å². The number of rotatable bonds is 5. The van der Waals surface area contributed by atoms with Crippen molar-refractivity contribution in [1.82, 2.24) is 4.98 Å². The summed E-state index contributed by atoms with van der Waals surface area (Å²) in [5, 5.41) is 2.91. The molecule has 2 heterocycles. The third-order valence-corrected chi connectivity index (χ3v) is 5.67. The minimum absolute atomic E-state index is 0.00904. The molecule has 1 N–H and O–H groups in total. The summed E-state index contributed by atoms with van der Waals surface area (Å²) in [5.74, 6) is 0.874. The van der Waals surface area contributed by atoms with Crippen molar-refractivity contribution in [2.24, 2.45) is 5.92 Å². The molecule has 1 aromatic heterocycles. The van der Waals surface area contributed by atoms with E-state index in [-0.39, 0.29) is 11.8 Å². The van der Waals surface area contributed by atoms with Gasteiger partial charge in [0.1, 0.15) is 11.9 Å². The number of hydrogen-bond acceptors (Lipinski definition) is 3. The molecule has 2 aliphatic rings. The second-order valence-corrected chi connectivity index (χ2v) is 7.68. The van der Waals surface area contributed by atoms with Gasteiger partial charge in [-0.05, 0) is 48.6 Å². The predicted octanol–water partition coefficient (Wildman–Crippen LogP) is 3.87. The van der Waals surface area contributed by atoms with Crippen LogP contribution in [-0.2, 0) is 16.0 Å². The number of carbonyl (C=O) groups excluding carboxylic acids is 2. The molecule has 1 aliphatic carbocycles. The summed E-state index contributed by atoms with van der Waals surface area (Å²) in [7, 11) is 0. The predicted molar refractivity (Wildman–Crippen MR) is 106 cm³/mol. The van der Waals surface area contributed by atoms with Gasteiger partial charge in [0.05, 0.1) is 6.42 Å². The summed E-state index contributed by atoms with van der Waals surface area (Å²) in [6, 6.07) is 11.0. The number of amides is 2. The van der Waals surface area contributed by atoms with Crippen LogP contribution in [0.2, 0.25) is 0 Å². The maximum absolute atomic E-state index is 13.2. The highest BCUT2D eigenvalue weighted by atomic mass is 16.2. The summed E-state index contributed by atoms with van der Waals surface area (Å²) in [4.78, 5) is 32.0. The van der Waals surface area contributed by atoms with Crippen LogP contribution in [0.4, 0.5) is 11.5 Å². The average Bonchev–Trinajstić information content (AvgIpc) is 3.27. The molecule has 5 heteroatoms. The van der Waals surface area contributed by atoms with Crippen LogP contribution in [0.1, 0.15) is 43.2 Å². The van der Waals surface area contributed by atoms with Gasteiger partial charge < -0.3 is 5.32 Å². The molecule has 1 atom stereocenters. The second kappa shape index (κ2) is 7.51. The first-order chi connectivity index (χ1) is 13.1. The summed E-state index contributed by atoms with van der Waals surface area (Å²) in [5.41, 5.74) is 2.99. The maximum atomic E-state index is 13.2. The van der Waals surface area contributed by atoms with Crippen LogP contribution in [0.15, 0.2) is 42.6 Å². The highest BCUT2D eigenvalue weighted by molar-refractivity contribution is 6.08. The Morgan fingerprint density at radius 2 is 2.07 bits per heavy atom. The largest absolute Gasteiger partial charge is 0.309 e. The quantitative estimate of drug-likeness (QED) is 0.877. The minimum atomic E-state index is -0.495. The van der Waals surface area contributed by atoms with Gasteiger partial charge in [-0.15, -0.1) is 0 Å². The third kappa shape index (κ3) is 3.72. The van der Waals surface area contributed by atoms with E-state index < -0.39 is 6.04 Å². The molecule has 1 saturated carbocycles. The lowest BCUT2D eigenvalue weighted by Gasteiger charge is -2.30. The molecule has 0 saturated heterocycles. The van der Waals surface area contributed by atoms with Gasteiger partial charge in [-0.25, -0.2) is 4.98 Å². The Hall–Kier alpha value is -2.69. The first-order valence-electron chi connectivity index (χ1n) is 9.75. The molecule has 1 unspecified atom stereocenters. The molecule has 1 aliphatic heterocycles. The summed E-state index contributed by atoms with van der Waals surface area (Å²) >= 11 is 0. The average molecular weight is 363 g/mol. The van der Waals surface area contributed by atoms with Crippen LogP contribution >= 0.6 is 0 Å². The van der Waals surface area contributed by atoms with E-state index in [1.807, 2.05) is 37.3 Å². The van der Waals surface area contributed by atoms with E-state index in [9.17, 15) is 9.59 Å². The van der Waals surface area contributed by atoms with Gasteiger partial charge in [0.2, 0.25) is 11.8 Å². The topological polar surface area (TPSA) is 62.3 Å². The van der Waals surface area contributed by atoms with Crippen LogP contribution in [0, 0.1) is 12.8 Å². The van der Waals surface area contributed by atoms with Crippen molar-refractivity contribution in [3.8, 4) is 0 Å². The molecule has 1 fully saturated rings. The zero-order valence-corrected chi connectivity index (χ0v) is 15.6. The highest BCUT2D eigenvalue weighted by Gasteiger charge is 2.38. The van der Waals surface area contributed by atoms with Gasteiger partial charge in [0, 0.05) is 11.9 Å². The van der Waals surface area contributed by atoms with Crippen molar-refractivity contribution >= 4 is 23.3 Å². The number of nitrogens with one attached hydrogen (secondary N) is 1. The van der Waals surface area contributed by atoms with Gasteiger partial charge in [-0.2, -0.15) is 0 Å². The van der Waals surface area contributed by atoms with Gasteiger partial charge in [-0.1, -0.05) is 43.9 Å². The Morgan fingerprint density at radius 1 is 1.26 bits per heavy atom. The summed E-state index contributed by atoms with van der Waals surface area (Å²) < 4.78 is 0. The highest BCUT2D eigenvalue weighted by Crippen LogP contribution is 2.36. The van der Waals surface area contributed by atoms with Crippen molar-refractivity contribution in [2.75, 3.05) is 10.2 Å². The van der Waals surface area contributed by atoms with Gasteiger partial charge in [0.25, 0.3) is 0 Å². The molecule has 5 nitrogen and oxygen atoms in total. The number of anilines is 2. The normalized spacial score (nSPS) is 17.8. The van der Waals surface area contributed by atoms with Crippen LogP contribution in [0.5, 0.6) is 0 Å². The monoisotopic (exact) mass is 363 g/mol. The maximum Gasteiger partial charge on any atom is 0.248 e. The van der Waals surface area contributed by atoms with Crippen molar-refractivity contribution in [1.29, 1.82) is 0 Å². The number of aryl methyl sites for hydroxylation is 1. The molecule has 2 amide bonds. The van der Waals surface area contributed by atoms with E-state index in [0.717, 1.165) is 29.7 Å². The lowest BCUT2D eigenvalue weighted by molar-refractivity contribution is -0.123. The van der Waals surface area contributed by atoms with Gasteiger partial charge in [-0.3, -0.25) is 14.5 Å². The zero-order valence-electron chi connectivity index (χ0n) is 15.6. The number of benzene rings is 1. The number of pyridine rings is 1. The number of hydrogen-bond donors (Lipinski definition) is 1. The second-order valence-electron chi connectivity index (χ2n) is 7.68. The molecule has 27 heavy (non-hydrogen) atoms. The number of aromatic nitrogens is 1. The fourth-order valence-electron chi connectivity index (χ4n) is 4.31. The molecular weight excluding hydrogens is 338 g/mol. The molecular formula is C22H25N3O2. The Balaban J connectivity index is 1.64. The lowest BCUT2D eigenvalue weighted by atomic mass is 9.96. The smallest absolute Gasteiger partial charge is 0.248 e. The Morgan fingerprint density at radius 3 is 2.81 bits per heavy atom.